The van der Waals surface area contributed by atoms with Crippen molar-refractivity contribution in [3.63, 3.8) is 0 Å². The minimum absolute atomic E-state index is 0.303. The van der Waals surface area contributed by atoms with Gasteiger partial charge in [0.2, 0.25) is 11.9 Å². The Hall–Kier alpha value is -2.84. The number of imidazole rings is 1. The first-order valence-corrected chi connectivity index (χ1v) is 9.25. The molecule has 1 atom stereocenters. The molecule has 27 heavy (non-hydrogen) atoms. The van der Waals surface area contributed by atoms with E-state index in [0.29, 0.717) is 12.6 Å². The number of anilines is 2. The second kappa shape index (κ2) is 8.70. The van der Waals surface area contributed by atoms with Crippen LogP contribution in [0.15, 0.2) is 29.6 Å². The third-order valence-corrected chi connectivity index (χ3v) is 4.72. The Morgan fingerprint density at radius 2 is 2.07 bits per heavy atom. The topological polar surface area (TPSA) is 86.5 Å². The Bertz CT molecular complexity index is 753. The van der Waals surface area contributed by atoms with Gasteiger partial charge in [-0.25, -0.2) is 15.0 Å². The minimum atomic E-state index is 0.303. The maximum atomic E-state index is 4.45. The number of aromatic nitrogens is 4. The molecular formula is C18H29N9. The summed E-state index contributed by atoms with van der Waals surface area (Å²) < 4.78 is 2.08. The number of guanidine groups is 1. The van der Waals surface area contributed by atoms with Crippen molar-refractivity contribution in [1.82, 2.24) is 30.2 Å². The third-order valence-electron chi connectivity index (χ3n) is 4.72. The van der Waals surface area contributed by atoms with Crippen LogP contribution in [-0.4, -0.2) is 65.8 Å². The Morgan fingerprint density at radius 1 is 1.30 bits per heavy atom. The van der Waals surface area contributed by atoms with Gasteiger partial charge < -0.3 is 25.0 Å². The number of nitrogens with one attached hydrogen (secondary N) is 2. The molecule has 0 aliphatic carbocycles. The zero-order valence-corrected chi connectivity index (χ0v) is 16.6. The molecule has 3 heterocycles. The number of nitrogens with zero attached hydrogens (tertiary/aromatic N) is 7. The van der Waals surface area contributed by atoms with Gasteiger partial charge in [-0.05, 0) is 18.9 Å². The molecule has 1 aliphatic heterocycles. The zero-order valence-electron chi connectivity index (χ0n) is 16.6. The third kappa shape index (κ3) is 4.66. The normalized spacial score (nSPS) is 17.7. The highest BCUT2D eigenvalue weighted by Crippen LogP contribution is 2.15. The van der Waals surface area contributed by atoms with Gasteiger partial charge in [0.1, 0.15) is 0 Å². The summed E-state index contributed by atoms with van der Waals surface area (Å²) in [5.74, 6) is 2.52. The molecule has 0 bridgehead atoms. The first kappa shape index (κ1) is 18.9. The van der Waals surface area contributed by atoms with Crippen LogP contribution < -0.4 is 20.4 Å². The van der Waals surface area contributed by atoms with Crippen molar-refractivity contribution in [3.8, 4) is 0 Å². The van der Waals surface area contributed by atoms with Gasteiger partial charge in [-0.2, -0.15) is 0 Å². The monoisotopic (exact) mass is 371 g/mol. The van der Waals surface area contributed by atoms with E-state index in [1.54, 1.807) is 19.4 Å². The Kier molecular flexibility index (Phi) is 6.10. The Labute approximate surface area is 160 Å². The van der Waals surface area contributed by atoms with E-state index in [4.69, 9.17) is 0 Å². The van der Waals surface area contributed by atoms with E-state index in [-0.39, 0.29) is 0 Å². The van der Waals surface area contributed by atoms with E-state index in [0.717, 1.165) is 49.5 Å². The summed E-state index contributed by atoms with van der Waals surface area (Å²) in [5, 5.41) is 6.92. The summed E-state index contributed by atoms with van der Waals surface area (Å²) in [5.41, 5.74) is 1.10. The largest absolute Gasteiger partial charge is 0.352 e. The lowest BCUT2D eigenvalue weighted by molar-refractivity contribution is 0.463. The summed E-state index contributed by atoms with van der Waals surface area (Å²) in [6.45, 7) is 2.51. The van der Waals surface area contributed by atoms with Crippen molar-refractivity contribution in [1.29, 1.82) is 0 Å². The molecular weight excluding hydrogens is 342 g/mol. The van der Waals surface area contributed by atoms with Gasteiger partial charge in [-0.3, -0.25) is 4.99 Å². The molecule has 1 unspecified atom stereocenters. The second-order valence-electron chi connectivity index (χ2n) is 6.91. The first-order valence-electron chi connectivity index (χ1n) is 9.25. The predicted molar refractivity (Wildman–Crippen MR) is 108 cm³/mol. The van der Waals surface area contributed by atoms with Gasteiger partial charge in [0.15, 0.2) is 5.96 Å². The lowest BCUT2D eigenvalue weighted by Gasteiger charge is -2.33. The average molecular weight is 371 g/mol. The van der Waals surface area contributed by atoms with Gasteiger partial charge in [0.25, 0.3) is 0 Å². The first-order chi connectivity index (χ1) is 13.1. The second-order valence-corrected chi connectivity index (χ2v) is 6.91. The Balaban J connectivity index is 1.56. The summed E-state index contributed by atoms with van der Waals surface area (Å²) >= 11 is 0. The molecule has 0 amide bonds. The molecule has 1 aliphatic rings. The van der Waals surface area contributed by atoms with Crippen molar-refractivity contribution in [2.24, 2.45) is 12.0 Å². The van der Waals surface area contributed by atoms with E-state index < -0.39 is 0 Å². The molecule has 0 saturated carbocycles. The van der Waals surface area contributed by atoms with Gasteiger partial charge in [-0.15, -0.1) is 0 Å². The fraction of sp³-hybridized carbons (Fsp3) is 0.556. The van der Waals surface area contributed by atoms with E-state index in [1.807, 2.05) is 38.3 Å². The highest BCUT2D eigenvalue weighted by Gasteiger charge is 2.22. The van der Waals surface area contributed by atoms with Crippen LogP contribution in [0.25, 0.3) is 0 Å². The maximum Gasteiger partial charge on any atom is 0.225 e. The van der Waals surface area contributed by atoms with Crippen molar-refractivity contribution < 1.29 is 0 Å². The lowest BCUT2D eigenvalue weighted by Crippen LogP contribution is -2.51. The lowest BCUT2D eigenvalue weighted by atomic mass is 10.1. The zero-order chi connectivity index (χ0) is 19.2. The minimum Gasteiger partial charge on any atom is -0.352 e. The number of aliphatic imine (C=N–C) groups is 1. The van der Waals surface area contributed by atoms with Crippen molar-refractivity contribution in [2.45, 2.75) is 25.4 Å². The van der Waals surface area contributed by atoms with Gasteiger partial charge in [0, 0.05) is 59.7 Å². The van der Waals surface area contributed by atoms with Crippen LogP contribution in [0.4, 0.5) is 11.9 Å². The quantitative estimate of drug-likeness (QED) is 0.588. The molecule has 2 aromatic heterocycles. The van der Waals surface area contributed by atoms with Crippen LogP contribution in [0.5, 0.6) is 0 Å². The molecule has 2 aromatic rings. The van der Waals surface area contributed by atoms with Gasteiger partial charge in [0.05, 0.1) is 18.4 Å². The number of rotatable bonds is 5. The van der Waals surface area contributed by atoms with E-state index in [2.05, 4.69) is 40.0 Å². The van der Waals surface area contributed by atoms with Crippen LogP contribution in [0, 0.1) is 0 Å². The molecule has 146 valence electrons. The van der Waals surface area contributed by atoms with Crippen molar-refractivity contribution in [2.75, 3.05) is 44.0 Å². The standard InChI is InChI=1S/C18H29N9/c1-19-16(22-11-15-12-23-18(25(2)3)26(15)4)24-14-7-5-10-27(13-14)17-20-8-6-9-21-17/h6,8-9,12,14H,5,7,10-11,13H2,1-4H3,(H2,19,22,24). The van der Waals surface area contributed by atoms with Crippen LogP contribution >= 0.6 is 0 Å². The summed E-state index contributed by atoms with van der Waals surface area (Å²) in [6, 6.07) is 2.15. The van der Waals surface area contributed by atoms with E-state index >= 15 is 0 Å². The average Bonchev–Trinajstić information content (AvgIpc) is 3.07. The molecule has 0 aromatic carbocycles. The van der Waals surface area contributed by atoms with E-state index in [9.17, 15) is 0 Å². The molecule has 9 nitrogen and oxygen atoms in total. The summed E-state index contributed by atoms with van der Waals surface area (Å²) in [7, 11) is 7.80. The number of piperidine rings is 1. The highest BCUT2D eigenvalue weighted by atomic mass is 15.3. The smallest absolute Gasteiger partial charge is 0.225 e. The molecule has 1 saturated heterocycles. The predicted octanol–water partition coefficient (Wildman–Crippen LogP) is 0.610. The van der Waals surface area contributed by atoms with Crippen molar-refractivity contribution >= 4 is 17.9 Å². The van der Waals surface area contributed by atoms with Gasteiger partial charge in [-0.1, -0.05) is 0 Å². The molecule has 1 fully saturated rings. The SMILES string of the molecule is CN=C(NCc1cnc(N(C)C)n1C)NC1CCCN(c2ncccn2)C1. The van der Waals surface area contributed by atoms with Crippen LogP contribution in [0.3, 0.4) is 0 Å². The van der Waals surface area contributed by atoms with Crippen LogP contribution in [0.1, 0.15) is 18.5 Å². The molecule has 0 radical (unpaired) electrons. The summed E-state index contributed by atoms with van der Waals surface area (Å²) in [6.07, 6.45) is 7.66. The fourth-order valence-electron chi connectivity index (χ4n) is 3.31. The fourth-order valence-corrected chi connectivity index (χ4v) is 3.31. The molecule has 3 rings (SSSR count). The number of hydrogen-bond donors (Lipinski definition) is 2. The summed E-state index contributed by atoms with van der Waals surface area (Å²) in [4.78, 5) is 21.8. The highest BCUT2D eigenvalue weighted by molar-refractivity contribution is 5.80. The van der Waals surface area contributed by atoms with Gasteiger partial charge >= 0.3 is 0 Å². The van der Waals surface area contributed by atoms with Crippen molar-refractivity contribution in [3.05, 3.63) is 30.4 Å². The van der Waals surface area contributed by atoms with Crippen LogP contribution in [-0.2, 0) is 13.6 Å². The Morgan fingerprint density at radius 3 is 2.74 bits per heavy atom. The van der Waals surface area contributed by atoms with E-state index in [1.165, 1.54) is 0 Å². The molecule has 9 heteroatoms. The molecule has 0 spiro atoms. The maximum absolute atomic E-state index is 4.45. The molecule has 2 N–H and O–H groups in total. The number of hydrogen-bond acceptors (Lipinski definition) is 6. The van der Waals surface area contributed by atoms with Crippen LogP contribution in [0.2, 0.25) is 0 Å².